The quantitative estimate of drug-likeness (QED) is 0.738. The molecule has 1 aliphatic heterocycles. The minimum Gasteiger partial charge on any atom is -0.479 e. The van der Waals surface area contributed by atoms with Crippen molar-refractivity contribution in [2.75, 3.05) is 20.2 Å². The summed E-state index contributed by atoms with van der Waals surface area (Å²) in [7, 11) is 1.49. The van der Waals surface area contributed by atoms with Gasteiger partial charge in [0.1, 0.15) is 0 Å². The predicted octanol–water partition coefficient (Wildman–Crippen LogP) is 1.31. The van der Waals surface area contributed by atoms with Gasteiger partial charge in [-0.25, -0.2) is 0 Å². The zero-order chi connectivity index (χ0) is 10.7. The van der Waals surface area contributed by atoms with Gasteiger partial charge in [0.25, 0.3) is 11.8 Å². The summed E-state index contributed by atoms with van der Waals surface area (Å²) in [5.74, 6) is 0.509. The molecule has 1 aromatic heterocycles. The molecule has 0 radical (unpaired) electrons. The van der Waals surface area contributed by atoms with Gasteiger partial charge in [-0.15, -0.1) is 0 Å². The molecule has 82 valence electrons. The maximum Gasteiger partial charge on any atom is 0.292 e. The van der Waals surface area contributed by atoms with Crippen LogP contribution < -0.4 is 4.74 Å². The highest BCUT2D eigenvalue weighted by Gasteiger charge is 2.22. The molecule has 0 aromatic carbocycles. The van der Waals surface area contributed by atoms with E-state index in [1.165, 1.54) is 19.6 Å². The molecule has 5 heteroatoms. The fraction of sp³-hybridized carbons (Fsp3) is 0.600. The fourth-order valence-electron chi connectivity index (χ4n) is 1.71. The number of piperidine rings is 1. The molecule has 1 aliphatic rings. The number of ether oxygens (including phenoxy) is 1. The van der Waals surface area contributed by atoms with Gasteiger partial charge in [0.05, 0.1) is 13.2 Å². The van der Waals surface area contributed by atoms with Crippen LogP contribution in [0.1, 0.15) is 29.8 Å². The predicted molar refractivity (Wildman–Crippen MR) is 52.8 cm³/mol. The summed E-state index contributed by atoms with van der Waals surface area (Å²) in [4.78, 5) is 13.7. The number of hydrogen-bond acceptors (Lipinski definition) is 4. The van der Waals surface area contributed by atoms with Crippen LogP contribution in [0.15, 0.2) is 10.6 Å². The van der Waals surface area contributed by atoms with E-state index in [2.05, 4.69) is 5.16 Å². The normalized spacial score (nSPS) is 16.5. The van der Waals surface area contributed by atoms with Crippen LogP contribution in [0.2, 0.25) is 0 Å². The van der Waals surface area contributed by atoms with Gasteiger partial charge in [0.2, 0.25) is 5.76 Å². The Bertz CT molecular complexity index is 342. The Balaban J connectivity index is 2.05. The zero-order valence-electron chi connectivity index (χ0n) is 8.73. The van der Waals surface area contributed by atoms with Gasteiger partial charge in [0.15, 0.2) is 0 Å². The minimum atomic E-state index is -0.0921. The molecule has 1 saturated heterocycles. The molecule has 0 unspecified atom stereocenters. The van der Waals surface area contributed by atoms with Gasteiger partial charge in [-0.1, -0.05) is 0 Å². The van der Waals surface area contributed by atoms with Gasteiger partial charge in [0, 0.05) is 13.1 Å². The standard InChI is InChI=1S/C10H14N2O3/c1-14-9-7-8(15-11-9)10(13)12-5-3-2-4-6-12/h7H,2-6H2,1H3. The second kappa shape index (κ2) is 4.33. The molecule has 0 aliphatic carbocycles. The van der Waals surface area contributed by atoms with E-state index in [1.54, 1.807) is 4.90 Å². The number of methoxy groups -OCH3 is 1. The summed E-state index contributed by atoms with van der Waals surface area (Å²) in [5.41, 5.74) is 0. The molecule has 2 heterocycles. The largest absolute Gasteiger partial charge is 0.479 e. The van der Waals surface area contributed by atoms with Crippen molar-refractivity contribution in [1.29, 1.82) is 0 Å². The number of rotatable bonds is 2. The van der Waals surface area contributed by atoms with Crippen LogP contribution in [0, 0.1) is 0 Å². The summed E-state index contributed by atoms with van der Waals surface area (Å²) < 4.78 is 9.76. The second-order valence-corrected chi connectivity index (χ2v) is 3.59. The topological polar surface area (TPSA) is 55.6 Å². The molecule has 15 heavy (non-hydrogen) atoms. The van der Waals surface area contributed by atoms with Crippen molar-refractivity contribution in [3.8, 4) is 5.88 Å². The highest BCUT2D eigenvalue weighted by molar-refractivity contribution is 5.91. The maximum atomic E-state index is 11.9. The van der Waals surface area contributed by atoms with Crippen molar-refractivity contribution in [3.05, 3.63) is 11.8 Å². The molecule has 1 amide bonds. The Labute approximate surface area is 88.0 Å². The van der Waals surface area contributed by atoms with Crippen molar-refractivity contribution in [2.24, 2.45) is 0 Å². The third-order valence-electron chi connectivity index (χ3n) is 2.55. The Kier molecular flexibility index (Phi) is 2.89. The minimum absolute atomic E-state index is 0.0921. The zero-order valence-corrected chi connectivity index (χ0v) is 8.73. The number of carbonyl (C=O) groups excluding carboxylic acids is 1. The first-order valence-electron chi connectivity index (χ1n) is 5.11. The van der Waals surface area contributed by atoms with Gasteiger partial charge in [-0.2, -0.15) is 0 Å². The molecule has 0 spiro atoms. The number of carbonyl (C=O) groups is 1. The number of aromatic nitrogens is 1. The molecular formula is C10H14N2O3. The molecule has 0 N–H and O–H groups in total. The van der Waals surface area contributed by atoms with Crippen LogP contribution in [0.4, 0.5) is 0 Å². The van der Waals surface area contributed by atoms with Crippen LogP contribution in [0.25, 0.3) is 0 Å². The van der Waals surface area contributed by atoms with E-state index < -0.39 is 0 Å². The average molecular weight is 210 g/mol. The molecular weight excluding hydrogens is 196 g/mol. The Hall–Kier alpha value is -1.52. The molecule has 0 bridgehead atoms. The number of hydrogen-bond donors (Lipinski definition) is 0. The smallest absolute Gasteiger partial charge is 0.292 e. The van der Waals surface area contributed by atoms with Crippen LogP contribution in [-0.4, -0.2) is 36.2 Å². The molecule has 2 rings (SSSR count). The molecule has 0 atom stereocenters. The van der Waals surface area contributed by atoms with Crippen molar-refractivity contribution in [2.45, 2.75) is 19.3 Å². The highest BCUT2D eigenvalue weighted by atomic mass is 16.5. The Morgan fingerprint density at radius 2 is 2.20 bits per heavy atom. The summed E-state index contributed by atoms with van der Waals surface area (Å²) in [6.07, 6.45) is 3.33. The lowest BCUT2D eigenvalue weighted by Gasteiger charge is -2.25. The van der Waals surface area contributed by atoms with E-state index in [0.29, 0.717) is 5.88 Å². The van der Waals surface area contributed by atoms with Crippen molar-refractivity contribution in [3.63, 3.8) is 0 Å². The van der Waals surface area contributed by atoms with Crippen molar-refractivity contribution < 1.29 is 14.1 Å². The third-order valence-corrected chi connectivity index (χ3v) is 2.55. The van der Waals surface area contributed by atoms with Gasteiger partial charge < -0.3 is 14.2 Å². The summed E-state index contributed by atoms with van der Waals surface area (Å²) in [6.45, 7) is 1.61. The molecule has 5 nitrogen and oxygen atoms in total. The average Bonchev–Trinajstić information content (AvgIpc) is 2.78. The summed E-state index contributed by atoms with van der Waals surface area (Å²) in [5, 5.41) is 3.61. The maximum absolute atomic E-state index is 11.9. The van der Waals surface area contributed by atoms with E-state index in [1.807, 2.05) is 0 Å². The van der Waals surface area contributed by atoms with Crippen molar-refractivity contribution in [1.82, 2.24) is 10.1 Å². The van der Waals surface area contributed by atoms with Crippen molar-refractivity contribution >= 4 is 5.91 Å². The lowest BCUT2D eigenvalue weighted by Crippen LogP contribution is -2.35. The van der Waals surface area contributed by atoms with E-state index in [-0.39, 0.29) is 11.7 Å². The van der Waals surface area contributed by atoms with Crippen LogP contribution in [0.3, 0.4) is 0 Å². The van der Waals surface area contributed by atoms with E-state index in [0.717, 1.165) is 25.9 Å². The van der Waals surface area contributed by atoms with Crippen LogP contribution >= 0.6 is 0 Å². The third kappa shape index (κ3) is 2.11. The number of likely N-dealkylation sites (tertiary alicyclic amines) is 1. The van der Waals surface area contributed by atoms with E-state index >= 15 is 0 Å². The van der Waals surface area contributed by atoms with E-state index in [9.17, 15) is 4.79 Å². The monoisotopic (exact) mass is 210 g/mol. The second-order valence-electron chi connectivity index (χ2n) is 3.59. The van der Waals surface area contributed by atoms with Gasteiger partial charge in [-0.3, -0.25) is 4.79 Å². The SMILES string of the molecule is COc1cc(C(=O)N2CCCCC2)on1. The molecule has 0 saturated carbocycles. The first-order valence-corrected chi connectivity index (χ1v) is 5.11. The van der Waals surface area contributed by atoms with Crippen LogP contribution in [0.5, 0.6) is 5.88 Å². The summed E-state index contributed by atoms with van der Waals surface area (Å²) in [6, 6.07) is 1.52. The van der Waals surface area contributed by atoms with Gasteiger partial charge in [-0.05, 0) is 24.4 Å². The van der Waals surface area contributed by atoms with Gasteiger partial charge >= 0.3 is 0 Å². The van der Waals surface area contributed by atoms with Crippen LogP contribution in [-0.2, 0) is 0 Å². The first kappa shape index (κ1) is 10.0. The lowest BCUT2D eigenvalue weighted by molar-refractivity contribution is 0.0682. The first-order chi connectivity index (χ1) is 7.31. The Morgan fingerprint density at radius 3 is 2.80 bits per heavy atom. The highest BCUT2D eigenvalue weighted by Crippen LogP contribution is 2.16. The number of nitrogens with zero attached hydrogens (tertiary/aromatic N) is 2. The van der Waals surface area contributed by atoms with E-state index in [4.69, 9.17) is 9.26 Å². The fourth-order valence-corrected chi connectivity index (χ4v) is 1.71. The lowest BCUT2D eigenvalue weighted by atomic mass is 10.1. The molecule has 1 aromatic rings. The summed E-state index contributed by atoms with van der Waals surface area (Å²) >= 11 is 0. The Morgan fingerprint density at radius 1 is 1.47 bits per heavy atom. The number of amides is 1. The molecule has 1 fully saturated rings.